The monoisotopic (exact) mass is 235 g/mol. The first kappa shape index (κ1) is 11.3. The van der Waals surface area contributed by atoms with Gasteiger partial charge in [0.15, 0.2) is 0 Å². The number of carboxylic acid groups (broad SMARTS) is 1. The van der Waals surface area contributed by atoms with Gasteiger partial charge in [0.2, 0.25) is 0 Å². The van der Waals surface area contributed by atoms with Crippen LogP contribution >= 0.6 is 0 Å². The molecule has 0 aromatic heterocycles. The second-order valence-corrected chi connectivity index (χ2v) is 4.12. The van der Waals surface area contributed by atoms with Gasteiger partial charge in [0.05, 0.1) is 0 Å². The van der Waals surface area contributed by atoms with E-state index >= 15 is 0 Å². The van der Waals surface area contributed by atoms with Gasteiger partial charge in [0.1, 0.15) is 0 Å². The van der Waals surface area contributed by atoms with E-state index in [4.69, 9.17) is 16.2 Å². The predicted molar refractivity (Wildman–Crippen MR) is 49.1 cm³/mol. The van der Waals surface area contributed by atoms with E-state index in [0.29, 0.717) is 13.0 Å². The first-order valence-electron chi connectivity index (χ1n) is 3.60. The average Bonchev–Trinajstić information content (AvgIpc) is 1.97. The molecule has 0 rings (SSSR count). The van der Waals surface area contributed by atoms with Crippen LogP contribution in [0.2, 0.25) is 4.71 Å². The van der Waals surface area contributed by atoms with E-state index < -0.39 is 5.97 Å². The van der Waals surface area contributed by atoms with E-state index in [9.17, 15) is 4.79 Å². The summed E-state index contributed by atoms with van der Waals surface area (Å²) in [4.78, 5) is 10.4. The molecule has 12 heavy (non-hydrogen) atoms. The molecule has 0 saturated heterocycles. The molecular weight excluding hydrogens is 221 g/mol. The van der Waals surface area contributed by atoms with Gasteiger partial charge in [0, 0.05) is 0 Å². The fraction of sp³-hybridized carbons (Fsp3) is 0.667. The Balaban J connectivity index is 3.31. The third-order valence-corrected chi connectivity index (χ3v) is 2.62. The van der Waals surface area contributed by atoms with Crippen molar-refractivity contribution in [1.82, 2.24) is 5.32 Å². The van der Waals surface area contributed by atoms with Crippen molar-refractivity contribution in [2.24, 2.45) is 5.73 Å². The molecule has 70 valence electrons. The quantitative estimate of drug-likeness (QED) is 0.207. The van der Waals surface area contributed by atoms with Crippen LogP contribution < -0.4 is 11.1 Å². The molecule has 5 nitrogen and oxygen atoms in total. The predicted octanol–water partition coefficient (Wildman–Crippen LogP) is -1.24. The van der Waals surface area contributed by atoms with Crippen molar-refractivity contribution in [3.8, 4) is 0 Å². The molecule has 0 aliphatic rings. The normalized spacial score (nSPS) is 12.1. The Morgan fingerprint density at radius 3 is 2.75 bits per heavy atom. The minimum atomic E-state index is -0.752. The number of aliphatic carboxylic acids is 1. The van der Waals surface area contributed by atoms with Crippen LogP contribution in [0.3, 0.4) is 0 Å². The standard InChI is InChI=1S/C6H14AsN3O2/c7-4(5(11)12)2-1-3-10-6(8)9/h4H,1-3,7H2,(H,11,12)(H4,8,9,10). The molecule has 0 heterocycles. The van der Waals surface area contributed by atoms with Crippen molar-refractivity contribution in [3.05, 3.63) is 0 Å². The molecule has 2 atom stereocenters. The fourth-order valence-electron chi connectivity index (χ4n) is 0.669. The minimum absolute atomic E-state index is 0.0662. The SMILES string of the molecule is N=C(N)NCCCC([AsH2])C(=O)O. The van der Waals surface area contributed by atoms with Crippen LogP contribution in [0.5, 0.6) is 0 Å². The number of nitrogens with one attached hydrogen (secondary N) is 2. The second-order valence-electron chi connectivity index (χ2n) is 2.43. The molecule has 5 N–H and O–H groups in total. The molecule has 0 saturated carbocycles. The zero-order chi connectivity index (χ0) is 9.56. The first-order valence-corrected chi connectivity index (χ1v) is 5.00. The zero-order valence-electron chi connectivity index (χ0n) is 6.71. The molecule has 0 aromatic rings. The van der Waals surface area contributed by atoms with Crippen molar-refractivity contribution in [3.63, 3.8) is 0 Å². The van der Waals surface area contributed by atoms with Crippen LogP contribution in [0.4, 0.5) is 0 Å². The van der Waals surface area contributed by atoms with Crippen molar-refractivity contribution < 1.29 is 9.90 Å². The van der Waals surface area contributed by atoms with Crippen LogP contribution in [-0.4, -0.2) is 40.4 Å². The summed E-state index contributed by atoms with van der Waals surface area (Å²) >= 11 is 1.22. The Labute approximate surface area is 79.7 Å². The van der Waals surface area contributed by atoms with Gasteiger partial charge in [0.25, 0.3) is 0 Å². The van der Waals surface area contributed by atoms with Crippen molar-refractivity contribution >= 4 is 28.8 Å². The molecule has 6 heteroatoms. The van der Waals surface area contributed by atoms with Crippen LogP contribution in [0.1, 0.15) is 12.8 Å². The summed E-state index contributed by atoms with van der Waals surface area (Å²) < 4.78 is -0.258. The summed E-state index contributed by atoms with van der Waals surface area (Å²) in [5.41, 5.74) is 5.03. The van der Waals surface area contributed by atoms with Crippen molar-refractivity contribution in [2.45, 2.75) is 17.5 Å². The molecule has 0 aliphatic heterocycles. The number of hydrogen-bond acceptors (Lipinski definition) is 2. The topological polar surface area (TPSA) is 99.2 Å². The molecule has 0 radical (unpaired) electrons. The van der Waals surface area contributed by atoms with Gasteiger partial charge in [-0.3, -0.25) is 0 Å². The third-order valence-electron chi connectivity index (χ3n) is 1.32. The van der Waals surface area contributed by atoms with Crippen LogP contribution in [0, 0.1) is 5.41 Å². The molecule has 0 aromatic carbocycles. The Morgan fingerprint density at radius 2 is 2.33 bits per heavy atom. The van der Waals surface area contributed by atoms with E-state index in [0.717, 1.165) is 6.42 Å². The van der Waals surface area contributed by atoms with Gasteiger partial charge < -0.3 is 0 Å². The molecular formula is C6H14AsN3O2. The van der Waals surface area contributed by atoms with Crippen molar-refractivity contribution in [2.75, 3.05) is 6.54 Å². The Bertz CT molecular complexity index is 174. The summed E-state index contributed by atoms with van der Waals surface area (Å²) in [6, 6.07) is 0. The molecule has 0 fully saturated rings. The summed E-state index contributed by atoms with van der Waals surface area (Å²) in [5.74, 6) is -0.818. The maximum atomic E-state index is 10.4. The zero-order valence-corrected chi connectivity index (χ0v) is 9.13. The van der Waals surface area contributed by atoms with E-state index in [1.807, 2.05) is 0 Å². The number of carbonyl (C=O) groups is 1. The molecule has 0 spiro atoms. The first-order chi connectivity index (χ1) is 5.54. The molecule has 0 aliphatic carbocycles. The van der Waals surface area contributed by atoms with Crippen molar-refractivity contribution in [1.29, 1.82) is 5.41 Å². The summed E-state index contributed by atoms with van der Waals surface area (Å²) in [5, 5.41) is 18.0. The van der Waals surface area contributed by atoms with Crippen LogP contribution in [0.25, 0.3) is 0 Å². The summed E-state index contributed by atoms with van der Waals surface area (Å²) in [6.07, 6.45) is 1.37. The Morgan fingerprint density at radius 1 is 1.75 bits per heavy atom. The van der Waals surface area contributed by atoms with E-state index in [-0.39, 0.29) is 10.7 Å². The third kappa shape index (κ3) is 6.04. The number of rotatable bonds is 5. The van der Waals surface area contributed by atoms with E-state index in [2.05, 4.69) is 5.32 Å². The Kier molecular flexibility index (Phi) is 5.54. The maximum absolute atomic E-state index is 10.4. The van der Waals surface area contributed by atoms with Crippen LogP contribution in [0.15, 0.2) is 0 Å². The number of carboxylic acids is 1. The van der Waals surface area contributed by atoms with E-state index in [1.165, 1.54) is 16.9 Å². The van der Waals surface area contributed by atoms with Gasteiger partial charge in [-0.05, 0) is 0 Å². The van der Waals surface area contributed by atoms with Gasteiger partial charge in [-0.15, -0.1) is 0 Å². The fourth-order valence-corrected chi connectivity index (χ4v) is 1.16. The Hall–Kier alpha value is -0.702. The van der Waals surface area contributed by atoms with Gasteiger partial charge in [-0.25, -0.2) is 0 Å². The van der Waals surface area contributed by atoms with E-state index in [1.54, 1.807) is 0 Å². The number of guanidine groups is 1. The molecule has 0 amide bonds. The second kappa shape index (κ2) is 5.89. The molecule has 2 unspecified atom stereocenters. The van der Waals surface area contributed by atoms with Gasteiger partial charge in [-0.1, -0.05) is 0 Å². The van der Waals surface area contributed by atoms with Gasteiger partial charge in [-0.2, -0.15) is 0 Å². The average molecular weight is 235 g/mol. The van der Waals surface area contributed by atoms with Gasteiger partial charge >= 0.3 is 79.2 Å². The number of hydrogen-bond donors (Lipinski definition) is 4. The summed E-state index contributed by atoms with van der Waals surface area (Å²) in [7, 11) is 0. The molecule has 0 bridgehead atoms. The van der Waals surface area contributed by atoms with Crippen LogP contribution in [-0.2, 0) is 4.79 Å². The number of nitrogens with two attached hydrogens (primary N) is 1. The summed E-state index contributed by atoms with van der Waals surface area (Å²) in [6.45, 7) is 0.572.